The molecule has 37 heavy (non-hydrogen) atoms. The van der Waals surface area contributed by atoms with Crippen LogP contribution in [0.15, 0.2) is 48.4 Å². The maximum atomic E-state index is 14.5. The van der Waals surface area contributed by atoms with Crippen molar-refractivity contribution in [2.45, 2.75) is 70.4 Å². The minimum absolute atomic E-state index is 0.109. The van der Waals surface area contributed by atoms with Gasteiger partial charge in [0.25, 0.3) is 5.91 Å². The van der Waals surface area contributed by atoms with Crippen LogP contribution in [0.25, 0.3) is 0 Å². The minimum Gasteiger partial charge on any atom is -0.496 e. The lowest BCUT2D eigenvalue weighted by molar-refractivity contribution is -0.129. The molecule has 3 atom stereocenters. The number of likely N-dealkylation sites (tertiary alicyclic amines) is 1. The van der Waals surface area contributed by atoms with E-state index < -0.39 is 17.5 Å². The Morgan fingerprint density at radius 2 is 1.97 bits per heavy atom. The molecule has 1 aliphatic rings. The number of nitrogens with two attached hydrogens (primary N) is 1. The zero-order valence-corrected chi connectivity index (χ0v) is 23.1. The van der Waals surface area contributed by atoms with Crippen LogP contribution in [0.1, 0.15) is 86.0 Å². The highest BCUT2D eigenvalue weighted by Gasteiger charge is 2.59. The minimum atomic E-state index is -1.22. The average molecular weight is 522 g/mol. The molecule has 3 aromatic rings. The van der Waals surface area contributed by atoms with E-state index in [2.05, 4.69) is 35.7 Å². The predicted molar refractivity (Wildman–Crippen MR) is 143 cm³/mol. The normalized spacial score (nSPS) is 21.9. The largest absolute Gasteiger partial charge is 0.496 e. The summed E-state index contributed by atoms with van der Waals surface area (Å²) in [5.74, 6) is -0.378. The Kier molecular flexibility index (Phi) is 7.37. The lowest BCUT2D eigenvalue weighted by Crippen LogP contribution is -2.57. The van der Waals surface area contributed by atoms with Gasteiger partial charge in [-0.25, -0.2) is 4.98 Å². The first-order valence-corrected chi connectivity index (χ1v) is 13.3. The third kappa shape index (κ3) is 4.97. The lowest BCUT2D eigenvalue weighted by atomic mass is 9.82. The summed E-state index contributed by atoms with van der Waals surface area (Å²) in [6.07, 6.45) is 7.41. The molecule has 0 spiro atoms. The van der Waals surface area contributed by atoms with Crippen LogP contribution in [0.3, 0.4) is 0 Å². The van der Waals surface area contributed by atoms with Crippen LogP contribution < -0.4 is 10.5 Å². The van der Waals surface area contributed by atoms with Crippen LogP contribution in [0.4, 0.5) is 0 Å². The summed E-state index contributed by atoms with van der Waals surface area (Å²) < 4.78 is 5.69. The maximum absolute atomic E-state index is 14.5. The van der Waals surface area contributed by atoms with E-state index in [0.29, 0.717) is 29.8 Å². The number of aromatic nitrogens is 3. The van der Waals surface area contributed by atoms with Crippen LogP contribution in [0, 0.1) is 5.92 Å². The molecule has 2 aromatic heterocycles. The Labute approximate surface area is 222 Å². The topological polar surface area (TPSA) is 111 Å². The molecule has 0 aliphatic carbocycles. The lowest BCUT2D eigenvalue weighted by Gasteiger charge is -2.39. The first-order chi connectivity index (χ1) is 17.5. The fourth-order valence-corrected chi connectivity index (χ4v) is 6.32. The number of methoxy groups -OCH3 is 1. The van der Waals surface area contributed by atoms with E-state index in [1.165, 1.54) is 11.3 Å². The smallest absolute Gasteiger partial charge is 0.255 e. The third-order valence-electron chi connectivity index (χ3n) is 7.03. The highest BCUT2D eigenvalue weighted by molar-refractivity contribution is 7.09. The number of carbonyl (C=O) groups is 2. The average Bonchev–Trinajstić information content (AvgIpc) is 3.49. The molecule has 1 saturated heterocycles. The van der Waals surface area contributed by atoms with Crippen LogP contribution in [0.2, 0.25) is 0 Å². The van der Waals surface area contributed by atoms with Crippen molar-refractivity contribution in [2.24, 2.45) is 11.7 Å². The number of primary amides is 1. The molecule has 196 valence electrons. The number of rotatable bonds is 7. The zero-order chi connectivity index (χ0) is 27.0. The van der Waals surface area contributed by atoms with Gasteiger partial charge in [-0.1, -0.05) is 40.7 Å². The van der Waals surface area contributed by atoms with Crippen LogP contribution in [-0.4, -0.2) is 44.3 Å². The molecule has 3 heterocycles. The molecule has 1 aromatic carbocycles. The van der Waals surface area contributed by atoms with Gasteiger partial charge in [0.2, 0.25) is 5.91 Å². The molecule has 3 unspecified atom stereocenters. The number of nitrogens with zero attached hydrogens (tertiary/aromatic N) is 4. The highest BCUT2D eigenvalue weighted by Crippen LogP contribution is 2.54. The molecular weight excluding hydrogens is 486 g/mol. The number of hydrogen-bond acceptors (Lipinski definition) is 7. The van der Waals surface area contributed by atoms with E-state index in [-0.39, 0.29) is 23.2 Å². The van der Waals surface area contributed by atoms with Crippen LogP contribution in [0.5, 0.6) is 5.75 Å². The molecule has 0 radical (unpaired) electrons. The maximum Gasteiger partial charge on any atom is 0.255 e. The Hall–Kier alpha value is -3.33. The molecule has 0 saturated carbocycles. The Morgan fingerprint density at radius 1 is 1.22 bits per heavy atom. The molecule has 2 amide bonds. The van der Waals surface area contributed by atoms with E-state index in [4.69, 9.17) is 10.5 Å². The summed E-state index contributed by atoms with van der Waals surface area (Å²) in [6.45, 7) is 10.3. The quantitative estimate of drug-likeness (QED) is 0.474. The summed E-state index contributed by atoms with van der Waals surface area (Å²) in [5, 5.41) is 2.61. The van der Waals surface area contributed by atoms with Gasteiger partial charge in [0, 0.05) is 41.6 Å². The second kappa shape index (κ2) is 10.2. The van der Waals surface area contributed by atoms with Crippen LogP contribution >= 0.6 is 11.3 Å². The Morgan fingerprint density at radius 3 is 2.51 bits per heavy atom. The number of benzene rings is 1. The van der Waals surface area contributed by atoms with Crippen molar-refractivity contribution in [3.05, 3.63) is 70.2 Å². The molecular formula is C28H35N5O3S. The van der Waals surface area contributed by atoms with E-state index >= 15 is 0 Å². The second-order valence-corrected chi connectivity index (χ2v) is 12.0. The van der Waals surface area contributed by atoms with Gasteiger partial charge in [-0.2, -0.15) is 0 Å². The van der Waals surface area contributed by atoms with Crippen molar-refractivity contribution in [1.82, 2.24) is 19.9 Å². The number of carbonyl (C=O) groups excluding carboxylic acids is 2. The standard InChI is InChI=1S/C28H35N5O3S/c1-17(2)14-28(26(29)35)15-19(21-16-30-9-10-31-21)23(24-32-11-12-37-24)33(28)25(34)18-7-8-20(27(3,4)5)22(13-18)36-6/h7-13,16-17,19,23H,14-15H2,1-6H3,(H2,29,35). The van der Waals surface area contributed by atoms with E-state index in [0.717, 1.165) is 10.6 Å². The van der Waals surface area contributed by atoms with E-state index in [9.17, 15) is 9.59 Å². The highest BCUT2D eigenvalue weighted by atomic mass is 32.1. The molecule has 2 N–H and O–H groups in total. The fourth-order valence-electron chi connectivity index (χ4n) is 5.53. The second-order valence-electron chi connectivity index (χ2n) is 11.1. The van der Waals surface area contributed by atoms with Gasteiger partial charge in [-0.3, -0.25) is 19.6 Å². The van der Waals surface area contributed by atoms with Gasteiger partial charge >= 0.3 is 0 Å². The number of thiazole rings is 1. The first-order valence-electron chi connectivity index (χ1n) is 12.5. The molecule has 1 fully saturated rings. The van der Waals surface area contributed by atoms with Crippen molar-refractivity contribution in [1.29, 1.82) is 0 Å². The molecule has 0 bridgehead atoms. The molecule has 4 rings (SSSR count). The van der Waals surface area contributed by atoms with Crippen molar-refractivity contribution < 1.29 is 14.3 Å². The number of hydrogen-bond donors (Lipinski definition) is 1. The SMILES string of the molecule is COc1cc(C(=O)N2C(c3nccs3)C(c3cnccn3)CC2(CC(C)C)C(N)=O)ccc1C(C)(C)C. The molecule has 8 nitrogen and oxygen atoms in total. The van der Waals surface area contributed by atoms with Crippen molar-refractivity contribution in [3.63, 3.8) is 0 Å². The summed E-state index contributed by atoms with van der Waals surface area (Å²) >= 11 is 1.45. The Balaban J connectivity index is 1.93. The van der Waals surface area contributed by atoms with Crippen molar-refractivity contribution in [2.75, 3.05) is 7.11 Å². The summed E-state index contributed by atoms with van der Waals surface area (Å²) in [4.78, 5) is 42.9. The monoisotopic (exact) mass is 521 g/mol. The van der Waals surface area contributed by atoms with Gasteiger partial charge in [-0.15, -0.1) is 11.3 Å². The van der Waals surface area contributed by atoms with E-state index in [1.54, 1.807) is 48.9 Å². The van der Waals surface area contributed by atoms with Crippen molar-refractivity contribution >= 4 is 23.2 Å². The first kappa shape index (κ1) is 26.7. The Bertz CT molecular complexity index is 1260. The van der Waals surface area contributed by atoms with Gasteiger partial charge in [0.15, 0.2) is 0 Å². The summed E-state index contributed by atoms with van der Waals surface area (Å²) in [6, 6.07) is 4.97. The number of amides is 2. The fraction of sp³-hybridized carbons (Fsp3) is 0.464. The molecule has 9 heteroatoms. The van der Waals surface area contributed by atoms with Crippen LogP contribution in [-0.2, 0) is 10.2 Å². The molecule has 1 aliphatic heterocycles. The van der Waals surface area contributed by atoms with Gasteiger partial charge in [-0.05, 0) is 41.9 Å². The van der Waals surface area contributed by atoms with Gasteiger partial charge < -0.3 is 15.4 Å². The zero-order valence-electron chi connectivity index (χ0n) is 22.3. The third-order valence-corrected chi connectivity index (χ3v) is 7.87. The number of ether oxygens (including phenoxy) is 1. The summed E-state index contributed by atoms with van der Waals surface area (Å²) in [5.41, 5.74) is 6.90. The summed E-state index contributed by atoms with van der Waals surface area (Å²) in [7, 11) is 1.60. The van der Waals surface area contributed by atoms with Gasteiger partial charge in [0.05, 0.1) is 18.8 Å². The van der Waals surface area contributed by atoms with E-state index in [1.807, 2.05) is 25.3 Å². The van der Waals surface area contributed by atoms with Gasteiger partial charge in [0.1, 0.15) is 16.3 Å². The predicted octanol–water partition coefficient (Wildman–Crippen LogP) is 4.88. The van der Waals surface area contributed by atoms with Crippen molar-refractivity contribution in [3.8, 4) is 5.75 Å².